The van der Waals surface area contributed by atoms with Crippen LogP contribution in [0.1, 0.15) is 213 Å². The van der Waals surface area contributed by atoms with Gasteiger partial charge in [0.2, 0.25) is 0 Å². The molecule has 4 aromatic rings. The lowest BCUT2D eigenvalue weighted by molar-refractivity contribution is -0.134. The van der Waals surface area contributed by atoms with E-state index in [9.17, 15) is 18.4 Å². The summed E-state index contributed by atoms with van der Waals surface area (Å²) in [5, 5.41) is 13.5. The number of hydrazone groups is 2. The van der Waals surface area contributed by atoms with Crippen LogP contribution in [0.15, 0.2) is 104 Å². The minimum atomic E-state index is -1.08. The normalized spacial score (nSPS) is 23.1. The van der Waals surface area contributed by atoms with Gasteiger partial charge in [-0.3, -0.25) is 39.6 Å². The Bertz CT molecular complexity index is 3440. The van der Waals surface area contributed by atoms with E-state index < -0.39 is 64.4 Å². The maximum Gasteiger partial charge on any atom is 0.275 e. The van der Waals surface area contributed by atoms with Gasteiger partial charge in [-0.15, -0.1) is 0 Å². The van der Waals surface area contributed by atoms with Crippen molar-refractivity contribution in [2.24, 2.45) is 71.3 Å². The van der Waals surface area contributed by atoms with Crippen molar-refractivity contribution in [3.8, 4) is 0 Å². The van der Waals surface area contributed by atoms with Crippen molar-refractivity contribution in [3.63, 3.8) is 0 Å². The van der Waals surface area contributed by atoms with Crippen LogP contribution in [0.3, 0.4) is 0 Å². The topological polar surface area (TPSA) is 237 Å². The third kappa shape index (κ3) is 15.6. The molecule has 0 radical (unpaired) electrons. The van der Waals surface area contributed by atoms with Gasteiger partial charge in [0, 0.05) is 40.1 Å². The van der Waals surface area contributed by atoms with Crippen LogP contribution in [0.2, 0.25) is 0 Å². The number of carbonyl (C=O) groups excluding carboxylic acids is 4. The lowest BCUT2D eigenvalue weighted by Crippen LogP contribution is -2.51. The standard InChI is InChI=1S/C70H91F4N13O4/c1-11-53-38-79-84-60(80-53)40-78-64(89)47-19-15-45(16-20-47)58(26-27-67(5,6)7)87-66(91)62(82-70(87)30-24-50(25-31-70)68(8,9)10)49-35-55(73)54(56(74)36-49)32-42(4)12-21-57(44-13-17-46(18-14-44)63(88)77-39-59(75)83-85-76)86-65(90)61(48-33-51(71)37-52(72)34-48)81-69(86)28-22-43(23-29-69)41(2)3/h13-20,33-38,41-43,50,53,57-58,85H,11-12,21-32,39-40,76H2,1-10H3,(H2,75,83)(H,77,88)(H,78,89)(H,80,84). The van der Waals surface area contributed by atoms with E-state index in [2.05, 4.69) is 92.2 Å². The molecule has 488 valence electrons. The summed E-state index contributed by atoms with van der Waals surface area (Å²) in [7, 11) is 0. The van der Waals surface area contributed by atoms with E-state index in [1.165, 1.54) is 12.1 Å². The number of hydrazine groups is 1. The Morgan fingerprint density at radius 1 is 0.714 bits per heavy atom. The van der Waals surface area contributed by atoms with Crippen molar-refractivity contribution >= 4 is 52.9 Å². The fraction of sp³-hybridized carbons (Fsp3) is 0.529. The molecular formula is C70H91F4N13O4. The highest BCUT2D eigenvalue weighted by Gasteiger charge is 2.54. The number of hydrogen-bond donors (Lipinski definition) is 6. The van der Waals surface area contributed by atoms with Gasteiger partial charge in [-0.25, -0.2) is 28.9 Å². The first-order valence-electron chi connectivity index (χ1n) is 32.3. The summed E-state index contributed by atoms with van der Waals surface area (Å²) in [5.41, 5.74) is 10.6. The van der Waals surface area contributed by atoms with Crippen LogP contribution in [-0.2, 0) is 16.0 Å². The van der Waals surface area contributed by atoms with E-state index in [0.717, 1.165) is 62.3 Å². The summed E-state index contributed by atoms with van der Waals surface area (Å²) in [4.78, 5) is 76.2. The molecule has 0 aromatic heterocycles. The van der Waals surface area contributed by atoms with Crippen molar-refractivity contribution < 1.29 is 36.7 Å². The van der Waals surface area contributed by atoms with Gasteiger partial charge in [-0.1, -0.05) is 93.5 Å². The molecule has 2 aliphatic carbocycles. The largest absolute Gasteiger partial charge is 0.384 e. The SMILES string of the molecule is CCC1C=NNC(CNC(=O)c2ccc(C(CCC(C)(C)C)N3C(=O)C(c4cc(F)c(CC(C)CCC(c5ccc(C(=O)NCC(N)=NNN)cc5)N5C(=O)C(c6cc(F)cc(F)c6)=NC56CCC(C(C)C)CC6)c(F)c4)=NC34CCC(C(C)(C)C)CC4)cc2)=N1. The molecule has 4 aromatic carbocycles. The molecule has 2 saturated carbocycles. The van der Waals surface area contributed by atoms with Crippen LogP contribution >= 0.6 is 0 Å². The maximum atomic E-state index is 17.1. The first-order valence-corrected chi connectivity index (χ1v) is 32.3. The number of amidine groups is 2. The monoisotopic (exact) mass is 1250 g/mol. The maximum absolute atomic E-state index is 17.1. The minimum Gasteiger partial charge on any atom is -0.384 e. The summed E-state index contributed by atoms with van der Waals surface area (Å²) >= 11 is 0. The summed E-state index contributed by atoms with van der Waals surface area (Å²) in [6, 6.07) is 18.2. The molecule has 4 unspecified atom stereocenters. The molecule has 2 fully saturated rings. The summed E-state index contributed by atoms with van der Waals surface area (Å²) in [5.74, 6) is 1.54. The molecule has 17 nitrogen and oxygen atoms in total. The average Bonchev–Trinajstić information content (AvgIpc) is 1.61. The second-order valence-electron chi connectivity index (χ2n) is 28.3. The second kappa shape index (κ2) is 28.0. The van der Waals surface area contributed by atoms with Crippen molar-refractivity contribution in [2.75, 3.05) is 13.1 Å². The lowest BCUT2D eigenvalue weighted by Gasteiger charge is -2.47. The fourth-order valence-electron chi connectivity index (χ4n) is 14.0. The molecular weight excluding hydrogens is 1160 g/mol. The van der Waals surface area contributed by atoms with Gasteiger partial charge in [0.05, 0.1) is 31.2 Å². The summed E-state index contributed by atoms with van der Waals surface area (Å²) in [6.45, 7) is 21.4. The number of nitrogens with zero attached hydrogens (tertiary/aromatic N) is 7. The van der Waals surface area contributed by atoms with Gasteiger partial charge >= 0.3 is 0 Å². The number of hydrogen-bond acceptors (Lipinski definition) is 12. The molecule has 21 heteroatoms. The van der Waals surface area contributed by atoms with Gasteiger partial charge in [0.15, 0.2) is 0 Å². The fourth-order valence-corrected chi connectivity index (χ4v) is 14.0. The van der Waals surface area contributed by atoms with E-state index in [4.69, 9.17) is 21.6 Å². The van der Waals surface area contributed by atoms with E-state index in [0.29, 0.717) is 78.8 Å². The van der Waals surface area contributed by atoms with Crippen molar-refractivity contribution in [1.82, 2.24) is 31.4 Å². The van der Waals surface area contributed by atoms with Crippen LogP contribution < -0.4 is 33.2 Å². The molecule has 0 saturated heterocycles. The van der Waals surface area contributed by atoms with Crippen LogP contribution in [0.5, 0.6) is 0 Å². The third-order valence-electron chi connectivity index (χ3n) is 19.3. The molecule has 4 atom stereocenters. The predicted molar refractivity (Wildman–Crippen MR) is 349 cm³/mol. The Morgan fingerprint density at radius 3 is 1.71 bits per heavy atom. The van der Waals surface area contributed by atoms with E-state index >= 15 is 18.4 Å². The van der Waals surface area contributed by atoms with E-state index in [1.807, 2.05) is 30.9 Å². The van der Waals surface area contributed by atoms with E-state index in [1.54, 1.807) is 47.5 Å². The second-order valence-corrected chi connectivity index (χ2v) is 28.3. The van der Waals surface area contributed by atoms with Gasteiger partial charge in [0.25, 0.3) is 23.6 Å². The highest BCUT2D eigenvalue weighted by atomic mass is 19.1. The Labute approximate surface area is 532 Å². The number of aliphatic imine (C=N–C) groups is 3. The van der Waals surface area contributed by atoms with Gasteiger partial charge in [-0.05, 0) is 184 Å². The summed E-state index contributed by atoms with van der Waals surface area (Å²) in [6.07, 6.45) is 9.54. The van der Waals surface area contributed by atoms with Gasteiger partial charge in [0.1, 0.15) is 57.7 Å². The molecule has 2 spiro atoms. The van der Waals surface area contributed by atoms with Crippen LogP contribution in [0.25, 0.3) is 0 Å². The zero-order valence-electron chi connectivity index (χ0n) is 54.4. The van der Waals surface area contributed by atoms with Crippen LogP contribution in [0.4, 0.5) is 17.6 Å². The minimum absolute atomic E-state index is 0.000310. The number of halogens is 4. The first-order chi connectivity index (χ1) is 43.1. The van der Waals surface area contributed by atoms with Gasteiger partial charge < -0.3 is 26.2 Å². The highest BCUT2D eigenvalue weighted by molar-refractivity contribution is 6.47. The van der Waals surface area contributed by atoms with Crippen molar-refractivity contribution in [3.05, 3.63) is 141 Å². The molecule has 3 heterocycles. The number of benzene rings is 4. The molecule has 5 aliphatic rings. The van der Waals surface area contributed by atoms with Crippen molar-refractivity contribution in [1.29, 1.82) is 0 Å². The smallest absolute Gasteiger partial charge is 0.275 e. The zero-order chi connectivity index (χ0) is 65.7. The Morgan fingerprint density at radius 2 is 1.22 bits per heavy atom. The molecule has 8 N–H and O–H groups in total. The first kappa shape index (κ1) is 67.6. The zero-order valence-corrected chi connectivity index (χ0v) is 54.4. The molecule has 3 aliphatic heterocycles. The van der Waals surface area contributed by atoms with Crippen LogP contribution in [0, 0.1) is 57.8 Å². The Kier molecular flexibility index (Phi) is 20.8. The Balaban J connectivity index is 1.000. The number of carbonyl (C=O) groups is 4. The highest BCUT2D eigenvalue weighted by Crippen LogP contribution is 2.52. The lowest BCUT2D eigenvalue weighted by atomic mass is 9.69. The Hall–Kier alpha value is -7.81. The summed E-state index contributed by atoms with van der Waals surface area (Å²) < 4.78 is 64.0. The number of nitrogens with two attached hydrogens (primary N) is 2. The number of rotatable bonds is 22. The molecule has 0 bridgehead atoms. The molecule has 91 heavy (non-hydrogen) atoms. The average molecular weight is 1250 g/mol. The van der Waals surface area contributed by atoms with Crippen molar-refractivity contribution in [2.45, 2.75) is 189 Å². The van der Waals surface area contributed by atoms with E-state index in [-0.39, 0.29) is 88.6 Å². The third-order valence-corrected chi connectivity index (χ3v) is 19.3. The van der Waals surface area contributed by atoms with Gasteiger partial charge in [-0.2, -0.15) is 10.2 Å². The number of nitrogens with one attached hydrogen (secondary N) is 4. The van der Waals surface area contributed by atoms with Crippen LogP contribution in [-0.4, -0.2) is 93.2 Å². The predicted octanol–water partition coefficient (Wildman–Crippen LogP) is 11.9. The molecule has 9 rings (SSSR count). The number of amides is 4. The molecule has 4 amide bonds. The quantitative estimate of drug-likeness (QED) is 0.0145.